The fraction of sp³-hybridized carbons (Fsp3) is 0.0667. The van der Waals surface area contributed by atoms with E-state index in [0.717, 1.165) is 0 Å². The number of carboxylic acids is 1. The zero-order chi connectivity index (χ0) is 16.3. The number of aromatic hydroxyl groups is 2. The van der Waals surface area contributed by atoms with Crippen LogP contribution in [0.25, 0.3) is 0 Å². The Kier molecular flexibility index (Phi) is 4.53. The average molecular weight is 322 g/mol. The Labute approximate surface area is 130 Å². The van der Waals surface area contributed by atoms with Crippen LogP contribution in [-0.2, 0) is 11.2 Å². The van der Waals surface area contributed by atoms with Gasteiger partial charge in [-0.15, -0.1) is 0 Å². The lowest BCUT2D eigenvalue weighted by Gasteiger charge is -2.09. The lowest BCUT2D eigenvalue weighted by atomic mass is 10.1. The van der Waals surface area contributed by atoms with Gasteiger partial charge in [0.15, 0.2) is 11.5 Å². The molecule has 7 heteroatoms. The molecule has 0 aliphatic carbocycles. The van der Waals surface area contributed by atoms with Crippen LogP contribution in [0.2, 0.25) is 5.02 Å². The topological polar surface area (TPSA) is 107 Å². The van der Waals surface area contributed by atoms with Crippen LogP contribution in [-0.4, -0.2) is 27.2 Å². The summed E-state index contributed by atoms with van der Waals surface area (Å²) < 4.78 is 0. The van der Waals surface area contributed by atoms with E-state index in [2.05, 4.69) is 5.32 Å². The number of carbonyl (C=O) groups excluding carboxylic acids is 1. The first-order valence-electron chi connectivity index (χ1n) is 6.20. The molecule has 0 saturated heterocycles. The number of hydrogen-bond acceptors (Lipinski definition) is 4. The Morgan fingerprint density at radius 3 is 2.41 bits per heavy atom. The third-order valence-corrected chi connectivity index (χ3v) is 3.13. The lowest BCUT2D eigenvalue weighted by Crippen LogP contribution is -2.16. The monoisotopic (exact) mass is 321 g/mol. The van der Waals surface area contributed by atoms with Crippen LogP contribution in [0.15, 0.2) is 36.4 Å². The summed E-state index contributed by atoms with van der Waals surface area (Å²) in [5.74, 6) is -2.28. The van der Waals surface area contributed by atoms with E-state index in [9.17, 15) is 19.8 Å². The molecule has 0 bridgehead atoms. The van der Waals surface area contributed by atoms with E-state index in [0.29, 0.717) is 10.6 Å². The molecule has 2 rings (SSSR count). The molecule has 0 heterocycles. The van der Waals surface area contributed by atoms with Crippen molar-refractivity contribution in [1.29, 1.82) is 0 Å². The largest absolute Gasteiger partial charge is 0.504 e. The number of halogens is 1. The van der Waals surface area contributed by atoms with Crippen molar-refractivity contribution in [2.45, 2.75) is 6.42 Å². The van der Waals surface area contributed by atoms with Crippen LogP contribution >= 0.6 is 11.6 Å². The molecule has 4 N–H and O–H groups in total. The van der Waals surface area contributed by atoms with Crippen molar-refractivity contribution >= 4 is 29.2 Å². The van der Waals surface area contributed by atoms with Gasteiger partial charge in [0, 0.05) is 5.02 Å². The molecular weight excluding hydrogens is 310 g/mol. The smallest absolute Gasteiger partial charge is 0.337 e. The van der Waals surface area contributed by atoms with Gasteiger partial charge in [0.05, 0.1) is 17.7 Å². The Balaban J connectivity index is 2.16. The second-order valence-electron chi connectivity index (χ2n) is 4.54. The second-order valence-corrected chi connectivity index (χ2v) is 4.98. The predicted molar refractivity (Wildman–Crippen MR) is 80.5 cm³/mol. The fourth-order valence-corrected chi connectivity index (χ4v) is 2.04. The van der Waals surface area contributed by atoms with Crippen LogP contribution < -0.4 is 5.32 Å². The number of carbonyl (C=O) groups is 2. The average Bonchev–Trinajstić information content (AvgIpc) is 2.42. The van der Waals surface area contributed by atoms with E-state index >= 15 is 0 Å². The highest BCUT2D eigenvalue weighted by molar-refractivity contribution is 6.31. The highest BCUT2D eigenvalue weighted by Crippen LogP contribution is 2.25. The normalized spacial score (nSPS) is 10.2. The minimum Gasteiger partial charge on any atom is -0.504 e. The molecule has 0 radical (unpaired) electrons. The summed E-state index contributed by atoms with van der Waals surface area (Å²) in [6, 6.07) is 8.05. The first kappa shape index (κ1) is 15.7. The van der Waals surface area contributed by atoms with Crippen molar-refractivity contribution in [2.24, 2.45) is 0 Å². The summed E-state index contributed by atoms with van der Waals surface area (Å²) in [6.07, 6.45) is -0.0978. The van der Waals surface area contributed by atoms with E-state index in [4.69, 9.17) is 16.7 Å². The number of amides is 1. The number of rotatable bonds is 4. The molecule has 114 valence electrons. The van der Waals surface area contributed by atoms with E-state index in [1.807, 2.05) is 0 Å². The molecule has 0 unspecified atom stereocenters. The van der Waals surface area contributed by atoms with Gasteiger partial charge in [-0.2, -0.15) is 0 Å². The maximum atomic E-state index is 12.0. The number of aromatic carboxylic acids is 1. The number of hydrogen-bond donors (Lipinski definition) is 4. The van der Waals surface area contributed by atoms with Gasteiger partial charge >= 0.3 is 5.97 Å². The van der Waals surface area contributed by atoms with Gasteiger partial charge in [-0.05, 0) is 35.9 Å². The molecule has 0 aliphatic rings. The van der Waals surface area contributed by atoms with Crippen molar-refractivity contribution in [3.63, 3.8) is 0 Å². The standard InChI is InChI=1S/C15H12ClNO5/c16-9-2-3-10(15(21)22)11(7-9)17-14(20)6-8-1-4-12(18)13(19)5-8/h1-5,7,18-19H,6H2,(H,17,20)(H,21,22). The minimum absolute atomic E-state index is 0.0775. The summed E-state index contributed by atoms with van der Waals surface area (Å²) in [5, 5.41) is 30.4. The highest BCUT2D eigenvalue weighted by atomic mass is 35.5. The molecule has 2 aromatic rings. The van der Waals surface area contributed by atoms with Crippen molar-refractivity contribution < 1.29 is 24.9 Å². The van der Waals surface area contributed by atoms with E-state index in [-0.39, 0.29) is 29.2 Å². The predicted octanol–water partition coefficient (Wildman–Crippen LogP) is 2.63. The third kappa shape index (κ3) is 3.67. The molecule has 6 nitrogen and oxygen atoms in total. The number of phenols is 2. The molecule has 2 aromatic carbocycles. The van der Waals surface area contributed by atoms with Gasteiger partial charge in [0.1, 0.15) is 0 Å². The molecule has 22 heavy (non-hydrogen) atoms. The molecule has 0 aliphatic heterocycles. The van der Waals surface area contributed by atoms with Crippen LogP contribution in [0, 0.1) is 0 Å². The van der Waals surface area contributed by atoms with Gasteiger partial charge in [-0.25, -0.2) is 4.79 Å². The van der Waals surface area contributed by atoms with Crippen molar-refractivity contribution in [2.75, 3.05) is 5.32 Å². The number of benzene rings is 2. The summed E-state index contributed by atoms with van der Waals surface area (Å²) in [5.41, 5.74) is 0.478. The zero-order valence-corrected chi connectivity index (χ0v) is 12.0. The van der Waals surface area contributed by atoms with E-state index < -0.39 is 11.9 Å². The van der Waals surface area contributed by atoms with Gasteiger partial charge in [0.2, 0.25) is 5.91 Å². The fourth-order valence-electron chi connectivity index (χ4n) is 1.87. The molecule has 1 amide bonds. The Morgan fingerprint density at radius 1 is 1.05 bits per heavy atom. The second kappa shape index (κ2) is 6.36. The summed E-state index contributed by atoms with van der Waals surface area (Å²) in [7, 11) is 0. The Hall–Kier alpha value is -2.73. The number of nitrogens with one attached hydrogen (secondary N) is 1. The van der Waals surface area contributed by atoms with Gasteiger partial charge in [0.25, 0.3) is 0 Å². The molecule has 0 aromatic heterocycles. The van der Waals surface area contributed by atoms with Crippen molar-refractivity contribution in [1.82, 2.24) is 0 Å². The Bertz CT molecular complexity index is 745. The van der Waals surface area contributed by atoms with Crippen LogP contribution in [0.3, 0.4) is 0 Å². The number of carboxylic acid groups (broad SMARTS) is 1. The van der Waals surface area contributed by atoms with Gasteiger partial charge in [-0.3, -0.25) is 4.79 Å². The Morgan fingerprint density at radius 2 is 1.77 bits per heavy atom. The van der Waals surface area contributed by atoms with Crippen LogP contribution in [0.1, 0.15) is 15.9 Å². The maximum absolute atomic E-state index is 12.0. The third-order valence-electron chi connectivity index (χ3n) is 2.89. The highest BCUT2D eigenvalue weighted by Gasteiger charge is 2.14. The lowest BCUT2D eigenvalue weighted by molar-refractivity contribution is -0.115. The maximum Gasteiger partial charge on any atom is 0.337 e. The van der Waals surface area contributed by atoms with Gasteiger partial charge < -0.3 is 20.6 Å². The molecule has 0 fully saturated rings. The zero-order valence-electron chi connectivity index (χ0n) is 11.2. The minimum atomic E-state index is -1.19. The molecule has 0 saturated carbocycles. The summed E-state index contributed by atoms with van der Waals surface area (Å²) in [6.45, 7) is 0. The van der Waals surface area contributed by atoms with E-state index in [1.165, 1.54) is 36.4 Å². The van der Waals surface area contributed by atoms with Crippen LogP contribution in [0.5, 0.6) is 11.5 Å². The molecule has 0 atom stereocenters. The molecular formula is C15H12ClNO5. The summed E-state index contributed by atoms with van der Waals surface area (Å²) >= 11 is 5.80. The quantitative estimate of drug-likeness (QED) is 0.648. The molecule has 0 spiro atoms. The SMILES string of the molecule is O=C(Cc1ccc(O)c(O)c1)Nc1cc(Cl)ccc1C(=O)O. The first-order valence-corrected chi connectivity index (χ1v) is 6.58. The van der Waals surface area contributed by atoms with Gasteiger partial charge in [-0.1, -0.05) is 17.7 Å². The summed E-state index contributed by atoms with van der Waals surface area (Å²) in [4.78, 5) is 23.1. The first-order chi connectivity index (χ1) is 10.4. The van der Waals surface area contributed by atoms with Crippen molar-refractivity contribution in [3.05, 3.63) is 52.5 Å². The van der Waals surface area contributed by atoms with Crippen LogP contribution in [0.4, 0.5) is 5.69 Å². The number of phenolic OH excluding ortho intramolecular Hbond substituents is 2. The number of anilines is 1. The van der Waals surface area contributed by atoms with E-state index in [1.54, 1.807) is 0 Å². The van der Waals surface area contributed by atoms with Crippen molar-refractivity contribution in [3.8, 4) is 11.5 Å².